The minimum atomic E-state index is -4.76. The molecule has 1 amide bonds. The Morgan fingerprint density at radius 1 is 1.32 bits per heavy atom. The SMILES string of the molecule is CC(=O)Nc1ccc([As](=O)(O)OO)cc1.CCC1CCCC1.O=CO. The van der Waals surface area contributed by atoms with Gasteiger partial charge in [0.05, 0.1) is 0 Å². The molecule has 1 aromatic rings. The van der Waals surface area contributed by atoms with Crippen LogP contribution in [0.5, 0.6) is 0 Å². The van der Waals surface area contributed by atoms with Crippen molar-refractivity contribution in [3.8, 4) is 0 Å². The maximum Gasteiger partial charge on any atom is 0.290 e. The van der Waals surface area contributed by atoms with Crippen molar-refractivity contribution in [1.29, 1.82) is 0 Å². The van der Waals surface area contributed by atoms with E-state index in [0.29, 0.717) is 5.69 Å². The van der Waals surface area contributed by atoms with E-state index in [1.807, 2.05) is 0 Å². The number of carboxylic acid groups (broad SMARTS) is 1. The summed E-state index contributed by atoms with van der Waals surface area (Å²) < 4.78 is 23.8. The number of rotatable bonds is 4. The van der Waals surface area contributed by atoms with E-state index >= 15 is 0 Å². The Bertz CT molecular complexity index is 556. The molecule has 1 unspecified atom stereocenters. The van der Waals surface area contributed by atoms with E-state index in [1.54, 1.807) is 0 Å². The van der Waals surface area contributed by atoms with Crippen LogP contribution in [0.2, 0.25) is 0 Å². The van der Waals surface area contributed by atoms with Gasteiger partial charge in [0.25, 0.3) is 6.47 Å². The van der Waals surface area contributed by atoms with Crippen LogP contribution in [-0.2, 0) is 17.2 Å². The van der Waals surface area contributed by atoms with Crippen molar-refractivity contribution in [2.24, 2.45) is 5.92 Å². The van der Waals surface area contributed by atoms with Gasteiger partial charge in [-0.15, -0.1) is 0 Å². The van der Waals surface area contributed by atoms with Gasteiger partial charge in [0.15, 0.2) is 0 Å². The fourth-order valence-electron chi connectivity index (χ4n) is 2.40. The largest absolute Gasteiger partial charge is 0.483 e. The Morgan fingerprint density at radius 3 is 2.12 bits per heavy atom. The van der Waals surface area contributed by atoms with Gasteiger partial charge in [-0.05, 0) is 5.92 Å². The summed E-state index contributed by atoms with van der Waals surface area (Å²) in [6.45, 7) is 3.40. The molecule has 1 aromatic carbocycles. The van der Waals surface area contributed by atoms with Crippen LogP contribution in [0.15, 0.2) is 24.3 Å². The summed E-state index contributed by atoms with van der Waals surface area (Å²) >= 11 is -4.76. The second-order valence-corrected chi connectivity index (χ2v) is 9.10. The molecule has 142 valence electrons. The van der Waals surface area contributed by atoms with Gasteiger partial charge in [0, 0.05) is 0 Å². The van der Waals surface area contributed by atoms with E-state index in [-0.39, 0.29) is 16.7 Å². The van der Waals surface area contributed by atoms with Gasteiger partial charge < -0.3 is 5.11 Å². The second-order valence-electron chi connectivity index (χ2n) is 5.49. The molecular weight excluding hydrogens is 393 g/mol. The van der Waals surface area contributed by atoms with Crippen molar-refractivity contribution < 1.29 is 31.7 Å². The first-order chi connectivity index (χ1) is 11.8. The Hall–Kier alpha value is -1.60. The normalized spacial score (nSPS) is 15.7. The maximum atomic E-state index is 11.2. The molecule has 0 saturated heterocycles. The fraction of sp³-hybridized carbons (Fsp3) is 0.500. The Balaban J connectivity index is 0.000000475. The minimum Gasteiger partial charge on any atom is -0.483 e. The molecule has 0 radical (unpaired) electrons. The molecule has 25 heavy (non-hydrogen) atoms. The Morgan fingerprint density at radius 2 is 1.80 bits per heavy atom. The predicted octanol–water partition coefficient (Wildman–Crippen LogP) is 1.99. The zero-order chi connectivity index (χ0) is 19.3. The van der Waals surface area contributed by atoms with Crippen LogP contribution >= 0.6 is 0 Å². The number of anilines is 1. The molecule has 1 atom stereocenters. The standard InChI is InChI=1S/C8H10AsNO5.C7H14.CH2O2/c1-6(11)10-8-4-2-7(3-5-8)9(12,13)15-14;1-2-7-5-3-4-6-7;2-1-3/h2-5,14H,1H3,(H,10,11)(H,12,13);7H,2-6H2,1H3;1H,(H,2,3). The van der Waals surface area contributed by atoms with Crippen molar-refractivity contribution in [1.82, 2.24) is 0 Å². The molecule has 8 nitrogen and oxygen atoms in total. The van der Waals surface area contributed by atoms with Crippen LogP contribution in [0.4, 0.5) is 5.69 Å². The van der Waals surface area contributed by atoms with Crippen LogP contribution in [0.3, 0.4) is 0 Å². The van der Waals surface area contributed by atoms with Crippen molar-refractivity contribution in [3.63, 3.8) is 0 Å². The molecule has 9 heteroatoms. The predicted molar refractivity (Wildman–Crippen MR) is 93.7 cm³/mol. The average Bonchev–Trinajstić information content (AvgIpc) is 3.10. The van der Waals surface area contributed by atoms with Gasteiger partial charge in [-0.2, -0.15) is 0 Å². The third kappa shape index (κ3) is 10.1. The van der Waals surface area contributed by atoms with E-state index in [9.17, 15) is 8.53 Å². The molecule has 0 aliphatic heterocycles. The molecule has 1 saturated carbocycles. The summed E-state index contributed by atoms with van der Waals surface area (Å²) in [5.41, 5.74) is 0.500. The summed E-state index contributed by atoms with van der Waals surface area (Å²) in [7, 11) is 0. The Labute approximate surface area is 150 Å². The first-order valence-electron chi connectivity index (χ1n) is 7.92. The third-order valence-corrected chi connectivity index (χ3v) is 6.14. The van der Waals surface area contributed by atoms with Crippen LogP contribution in [0.1, 0.15) is 46.0 Å². The second kappa shape index (κ2) is 12.7. The first kappa shape index (κ1) is 23.4. The summed E-state index contributed by atoms with van der Waals surface area (Å²) in [4.78, 5) is 19.0. The molecule has 0 aromatic heterocycles. The van der Waals surface area contributed by atoms with E-state index < -0.39 is 14.2 Å². The molecule has 1 fully saturated rings. The molecule has 0 bridgehead atoms. The number of carbonyl (C=O) groups excluding carboxylic acids is 1. The molecule has 0 heterocycles. The topological polar surface area (TPSA) is 133 Å². The molecule has 1 aliphatic carbocycles. The van der Waals surface area contributed by atoms with Gasteiger partial charge >= 0.3 is 88.4 Å². The van der Waals surface area contributed by atoms with Gasteiger partial charge in [0.2, 0.25) is 0 Å². The van der Waals surface area contributed by atoms with E-state index in [4.69, 9.17) is 19.3 Å². The molecule has 1 aliphatic rings. The van der Waals surface area contributed by atoms with Crippen LogP contribution in [0.25, 0.3) is 0 Å². The molecule has 4 N–H and O–H groups in total. The zero-order valence-corrected chi connectivity index (χ0v) is 16.3. The van der Waals surface area contributed by atoms with Crippen molar-refractivity contribution in [2.75, 3.05) is 5.32 Å². The molecular formula is C16H26AsNO7. The third-order valence-electron chi connectivity index (χ3n) is 3.68. The average molecular weight is 419 g/mol. The number of hydrogen-bond donors (Lipinski definition) is 4. The van der Waals surface area contributed by atoms with E-state index in [0.717, 1.165) is 5.92 Å². The smallest absolute Gasteiger partial charge is 0.290 e. The minimum absolute atomic E-state index is 0.00438. The van der Waals surface area contributed by atoms with Crippen molar-refractivity contribution in [2.45, 2.75) is 46.0 Å². The van der Waals surface area contributed by atoms with Gasteiger partial charge in [-0.1, -0.05) is 39.0 Å². The maximum absolute atomic E-state index is 11.2. The number of amides is 1. The summed E-state index contributed by atoms with van der Waals surface area (Å²) in [5.74, 6) is 0.860. The van der Waals surface area contributed by atoms with Gasteiger partial charge in [-0.3, -0.25) is 4.79 Å². The Kier molecular flexibility index (Phi) is 11.9. The van der Waals surface area contributed by atoms with E-state index in [1.165, 1.54) is 63.3 Å². The van der Waals surface area contributed by atoms with Crippen LogP contribution in [-0.4, -0.2) is 41.0 Å². The summed E-state index contributed by atoms with van der Waals surface area (Å²) in [6, 6.07) is 5.50. The number of benzene rings is 1. The van der Waals surface area contributed by atoms with Crippen LogP contribution < -0.4 is 9.67 Å². The summed E-state index contributed by atoms with van der Waals surface area (Å²) in [5, 5.41) is 17.6. The van der Waals surface area contributed by atoms with Crippen molar-refractivity contribution >= 4 is 36.6 Å². The number of carbonyl (C=O) groups is 2. The fourth-order valence-corrected chi connectivity index (χ4v) is 3.70. The van der Waals surface area contributed by atoms with Crippen molar-refractivity contribution in [3.05, 3.63) is 24.3 Å². The molecule has 2 rings (SSSR count). The number of nitrogens with one attached hydrogen (secondary N) is 1. The number of hydrogen-bond acceptors (Lipinski definition) is 5. The van der Waals surface area contributed by atoms with Gasteiger partial charge in [-0.25, -0.2) is 0 Å². The van der Waals surface area contributed by atoms with Crippen LogP contribution in [0, 0.1) is 5.92 Å². The quantitative estimate of drug-likeness (QED) is 0.254. The first-order valence-corrected chi connectivity index (χ1v) is 11.2. The van der Waals surface area contributed by atoms with Gasteiger partial charge in [0.1, 0.15) is 0 Å². The monoisotopic (exact) mass is 419 g/mol. The van der Waals surface area contributed by atoms with E-state index in [2.05, 4.69) is 16.1 Å². The summed E-state index contributed by atoms with van der Waals surface area (Å²) in [6.07, 6.45) is 7.43. The zero-order valence-electron chi connectivity index (χ0n) is 14.4. The molecule has 0 spiro atoms.